The number of terminal acetylenes is 1. The Bertz CT molecular complexity index is 734. The molecular formula is C18H15NO4. The van der Waals surface area contributed by atoms with E-state index in [0.717, 1.165) is 0 Å². The van der Waals surface area contributed by atoms with Crippen LogP contribution in [0, 0.1) is 12.3 Å². The zero-order chi connectivity index (χ0) is 16.5. The first-order valence-electron chi connectivity index (χ1n) is 6.86. The number of anilines is 1. The predicted octanol–water partition coefficient (Wildman–Crippen LogP) is 2.53. The Morgan fingerprint density at radius 3 is 2.78 bits per heavy atom. The fourth-order valence-electron chi connectivity index (χ4n) is 1.84. The lowest BCUT2D eigenvalue weighted by Gasteiger charge is -2.10. The SMILES string of the molecule is C#CCOc1cccc(NC(=O)COc2ccccc2C=O)c1. The van der Waals surface area contributed by atoms with Crippen LogP contribution in [-0.4, -0.2) is 25.4 Å². The van der Waals surface area contributed by atoms with Gasteiger partial charge in [0.15, 0.2) is 12.9 Å². The summed E-state index contributed by atoms with van der Waals surface area (Å²) in [6.07, 6.45) is 5.81. The second-order valence-corrected chi connectivity index (χ2v) is 4.51. The van der Waals surface area contributed by atoms with E-state index in [-0.39, 0.29) is 19.1 Å². The van der Waals surface area contributed by atoms with Crippen LogP contribution in [0.25, 0.3) is 0 Å². The zero-order valence-corrected chi connectivity index (χ0v) is 12.3. The van der Waals surface area contributed by atoms with Gasteiger partial charge in [0.05, 0.1) is 5.56 Å². The minimum Gasteiger partial charge on any atom is -0.483 e. The number of nitrogens with one attached hydrogen (secondary N) is 1. The average molecular weight is 309 g/mol. The molecule has 0 saturated carbocycles. The molecule has 2 rings (SSSR count). The lowest BCUT2D eigenvalue weighted by atomic mass is 10.2. The van der Waals surface area contributed by atoms with Crippen molar-refractivity contribution in [3.63, 3.8) is 0 Å². The van der Waals surface area contributed by atoms with Gasteiger partial charge >= 0.3 is 0 Å². The lowest BCUT2D eigenvalue weighted by Crippen LogP contribution is -2.20. The van der Waals surface area contributed by atoms with Gasteiger partial charge in [0, 0.05) is 11.8 Å². The zero-order valence-electron chi connectivity index (χ0n) is 12.3. The summed E-state index contributed by atoms with van der Waals surface area (Å²) in [6.45, 7) is -0.0523. The van der Waals surface area contributed by atoms with Gasteiger partial charge in [-0.3, -0.25) is 9.59 Å². The number of para-hydroxylation sites is 1. The number of carbonyl (C=O) groups is 2. The molecule has 5 heteroatoms. The summed E-state index contributed by atoms with van der Waals surface area (Å²) in [4.78, 5) is 22.8. The van der Waals surface area contributed by atoms with Crippen molar-refractivity contribution < 1.29 is 19.1 Å². The minimum absolute atomic E-state index is 0.156. The summed E-state index contributed by atoms with van der Waals surface area (Å²) in [7, 11) is 0. The molecule has 0 aliphatic rings. The van der Waals surface area contributed by atoms with Crippen molar-refractivity contribution in [1.82, 2.24) is 0 Å². The van der Waals surface area contributed by atoms with Crippen LogP contribution in [0.3, 0.4) is 0 Å². The molecule has 2 aromatic rings. The highest BCUT2D eigenvalue weighted by molar-refractivity contribution is 5.92. The molecule has 0 heterocycles. The molecule has 0 fully saturated rings. The molecule has 0 aliphatic heterocycles. The van der Waals surface area contributed by atoms with E-state index in [2.05, 4.69) is 11.2 Å². The highest BCUT2D eigenvalue weighted by Crippen LogP contribution is 2.18. The first-order valence-corrected chi connectivity index (χ1v) is 6.86. The van der Waals surface area contributed by atoms with Crippen molar-refractivity contribution in [1.29, 1.82) is 0 Å². The van der Waals surface area contributed by atoms with E-state index in [1.807, 2.05) is 0 Å². The van der Waals surface area contributed by atoms with Crippen molar-refractivity contribution >= 4 is 17.9 Å². The topological polar surface area (TPSA) is 64.6 Å². The molecule has 0 bridgehead atoms. The van der Waals surface area contributed by atoms with Crippen molar-refractivity contribution in [2.75, 3.05) is 18.5 Å². The molecule has 0 atom stereocenters. The number of aldehydes is 1. The van der Waals surface area contributed by atoms with Gasteiger partial charge in [-0.15, -0.1) is 6.42 Å². The Morgan fingerprint density at radius 2 is 2.00 bits per heavy atom. The van der Waals surface area contributed by atoms with E-state index in [1.165, 1.54) is 0 Å². The summed E-state index contributed by atoms with van der Waals surface area (Å²) in [6, 6.07) is 13.6. The fraction of sp³-hybridized carbons (Fsp3) is 0.111. The molecule has 5 nitrogen and oxygen atoms in total. The van der Waals surface area contributed by atoms with Gasteiger partial charge < -0.3 is 14.8 Å². The number of amides is 1. The van der Waals surface area contributed by atoms with Crippen LogP contribution >= 0.6 is 0 Å². The molecule has 23 heavy (non-hydrogen) atoms. The smallest absolute Gasteiger partial charge is 0.262 e. The average Bonchev–Trinajstić information content (AvgIpc) is 2.58. The predicted molar refractivity (Wildman–Crippen MR) is 86.7 cm³/mol. The van der Waals surface area contributed by atoms with Crippen molar-refractivity contribution in [2.45, 2.75) is 0 Å². The van der Waals surface area contributed by atoms with E-state index in [1.54, 1.807) is 48.5 Å². The van der Waals surface area contributed by atoms with E-state index < -0.39 is 0 Å². The Balaban J connectivity index is 1.92. The summed E-state index contributed by atoms with van der Waals surface area (Å²) < 4.78 is 10.6. The number of hydrogen-bond acceptors (Lipinski definition) is 4. The monoisotopic (exact) mass is 309 g/mol. The van der Waals surface area contributed by atoms with Crippen LogP contribution in [0.15, 0.2) is 48.5 Å². The van der Waals surface area contributed by atoms with Gasteiger partial charge in [-0.2, -0.15) is 0 Å². The number of hydrogen-bond donors (Lipinski definition) is 1. The van der Waals surface area contributed by atoms with Crippen LogP contribution in [-0.2, 0) is 4.79 Å². The van der Waals surface area contributed by atoms with Crippen molar-refractivity contribution in [3.05, 3.63) is 54.1 Å². The van der Waals surface area contributed by atoms with Crippen LogP contribution < -0.4 is 14.8 Å². The Kier molecular flexibility index (Phi) is 5.78. The highest BCUT2D eigenvalue weighted by Gasteiger charge is 2.07. The van der Waals surface area contributed by atoms with E-state index in [0.29, 0.717) is 29.0 Å². The molecule has 0 spiro atoms. The highest BCUT2D eigenvalue weighted by atomic mass is 16.5. The largest absolute Gasteiger partial charge is 0.483 e. The third kappa shape index (κ3) is 4.90. The molecule has 1 N–H and O–H groups in total. The quantitative estimate of drug-likeness (QED) is 0.630. The molecule has 0 aliphatic carbocycles. The Labute approximate surface area is 134 Å². The molecule has 116 valence electrons. The second kappa shape index (κ2) is 8.25. The van der Waals surface area contributed by atoms with Gasteiger partial charge in [-0.05, 0) is 24.3 Å². The third-order valence-electron chi connectivity index (χ3n) is 2.84. The molecule has 2 aromatic carbocycles. The van der Waals surface area contributed by atoms with Gasteiger partial charge in [-0.25, -0.2) is 0 Å². The third-order valence-corrected chi connectivity index (χ3v) is 2.84. The summed E-state index contributed by atoms with van der Waals surface area (Å²) in [5.41, 5.74) is 0.960. The summed E-state index contributed by atoms with van der Waals surface area (Å²) in [5.74, 6) is 2.95. The van der Waals surface area contributed by atoms with Crippen LogP contribution in [0.4, 0.5) is 5.69 Å². The van der Waals surface area contributed by atoms with Crippen LogP contribution in [0.1, 0.15) is 10.4 Å². The Morgan fingerprint density at radius 1 is 1.17 bits per heavy atom. The fourth-order valence-corrected chi connectivity index (χ4v) is 1.84. The summed E-state index contributed by atoms with van der Waals surface area (Å²) >= 11 is 0. The molecule has 0 radical (unpaired) electrons. The van der Waals surface area contributed by atoms with Gasteiger partial charge in [-0.1, -0.05) is 24.1 Å². The number of carbonyl (C=O) groups excluding carboxylic acids is 2. The van der Waals surface area contributed by atoms with E-state index in [4.69, 9.17) is 15.9 Å². The first-order chi connectivity index (χ1) is 11.2. The maximum Gasteiger partial charge on any atom is 0.262 e. The van der Waals surface area contributed by atoms with Crippen LogP contribution in [0.2, 0.25) is 0 Å². The van der Waals surface area contributed by atoms with E-state index in [9.17, 15) is 9.59 Å². The normalized spacial score (nSPS) is 9.52. The molecule has 0 saturated heterocycles. The Hall–Kier alpha value is -3.26. The molecular weight excluding hydrogens is 294 g/mol. The standard InChI is InChI=1S/C18H15NO4/c1-2-10-22-16-8-5-7-15(11-16)19-18(21)13-23-17-9-4-3-6-14(17)12-20/h1,3-9,11-12H,10,13H2,(H,19,21). The maximum atomic E-state index is 11.9. The van der Waals surface area contributed by atoms with Crippen molar-refractivity contribution in [2.24, 2.45) is 0 Å². The first kappa shape index (κ1) is 16.1. The van der Waals surface area contributed by atoms with Crippen molar-refractivity contribution in [3.8, 4) is 23.8 Å². The number of ether oxygens (including phenoxy) is 2. The molecule has 0 aromatic heterocycles. The van der Waals surface area contributed by atoms with Gasteiger partial charge in [0.1, 0.15) is 18.1 Å². The lowest BCUT2D eigenvalue weighted by molar-refractivity contribution is -0.118. The number of rotatable bonds is 7. The van der Waals surface area contributed by atoms with Crippen LogP contribution in [0.5, 0.6) is 11.5 Å². The molecule has 1 amide bonds. The summed E-state index contributed by atoms with van der Waals surface area (Å²) in [5, 5.41) is 2.68. The second-order valence-electron chi connectivity index (χ2n) is 4.51. The maximum absolute atomic E-state index is 11.9. The molecule has 0 unspecified atom stereocenters. The van der Waals surface area contributed by atoms with Gasteiger partial charge in [0.25, 0.3) is 5.91 Å². The van der Waals surface area contributed by atoms with Gasteiger partial charge in [0.2, 0.25) is 0 Å². The van der Waals surface area contributed by atoms with E-state index >= 15 is 0 Å². The minimum atomic E-state index is -0.347. The number of benzene rings is 2.